The van der Waals surface area contributed by atoms with E-state index in [-0.39, 0.29) is 6.04 Å². The van der Waals surface area contributed by atoms with Gasteiger partial charge in [0.1, 0.15) is 5.76 Å². The zero-order valence-electron chi connectivity index (χ0n) is 11.4. The molecule has 0 saturated carbocycles. The summed E-state index contributed by atoms with van der Waals surface area (Å²) in [5.74, 6) is 2.40. The molecule has 0 spiro atoms. The van der Waals surface area contributed by atoms with E-state index >= 15 is 0 Å². The molecule has 1 aliphatic heterocycles. The molecule has 1 aromatic heterocycles. The van der Waals surface area contributed by atoms with Gasteiger partial charge >= 0.3 is 0 Å². The average Bonchev–Trinajstić information content (AvgIpc) is 2.73. The van der Waals surface area contributed by atoms with Crippen LogP contribution in [0, 0.1) is 11.8 Å². The highest BCUT2D eigenvalue weighted by molar-refractivity contribution is 9.10. The maximum Gasteiger partial charge on any atom is 0.169 e. The summed E-state index contributed by atoms with van der Waals surface area (Å²) in [5, 5.41) is 0. The van der Waals surface area contributed by atoms with Gasteiger partial charge in [0, 0.05) is 19.1 Å². The van der Waals surface area contributed by atoms with Gasteiger partial charge in [-0.15, -0.1) is 0 Å². The molecule has 1 fully saturated rings. The van der Waals surface area contributed by atoms with E-state index in [0.717, 1.165) is 22.9 Å². The molecule has 0 aliphatic carbocycles. The summed E-state index contributed by atoms with van der Waals surface area (Å²) in [6, 6.07) is 4.72. The van der Waals surface area contributed by atoms with Gasteiger partial charge < -0.3 is 10.2 Å². The van der Waals surface area contributed by atoms with Crippen molar-refractivity contribution in [3.63, 3.8) is 0 Å². The molecule has 0 amide bonds. The molecule has 4 unspecified atom stereocenters. The number of piperidine rings is 1. The van der Waals surface area contributed by atoms with Crippen LogP contribution in [0.2, 0.25) is 0 Å². The number of likely N-dealkylation sites (tertiary alicyclic amines) is 1. The maximum absolute atomic E-state index is 5.98. The quantitative estimate of drug-likeness (QED) is 0.929. The molecule has 0 bridgehead atoms. The lowest BCUT2D eigenvalue weighted by Gasteiger charge is -2.44. The monoisotopic (exact) mass is 314 g/mol. The summed E-state index contributed by atoms with van der Waals surface area (Å²) >= 11 is 3.37. The number of furan rings is 1. The van der Waals surface area contributed by atoms with Crippen molar-refractivity contribution in [1.29, 1.82) is 0 Å². The molecule has 1 saturated heterocycles. The van der Waals surface area contributed by atoms with E-state index in [1.807, 2.05) is 12.1 Å². The Morgan fingerprint density at radius 2 is 2.17 bits per heavy atom. The van der Waals surface area contributed by atoms with Crippen molar-refractivity contribution >= 4 is 15.9 Å². The third-order valence-electron chi connectivity index (χ3n) is 4.19. The van der Waals surface area contributed by atoms with E-state index in [4.69, 9.17) is 10.2 Å². The lowest BCUT2D eigenvalue weighted by atomic mass is 9.84. The van der Waals surface area contributed by atoms with E-state index in [2.05, 4.69) is 41.6 Å². The van der Waals surface area contributed by atoms with E-state index in [0.29, 0.717) is 18.5 Å². The van der Waals surface area contributed by atoms with Crippen LogP contribution in [-0.2, 0) is 0 Å². The van der Waals surface area contributed by atoms with Crippen LogP contribution in [-0.4, -0.2) is 24.0 Å². The van der Waals surface area contributed by atoms with Crippen LogP contribution >= 0.6 is 15.9 Å². The first-order chi connectivity index (χ1) is 8.52. The SMILES string of the molecule is CC1CC(C)C(C)N(C(CN)c2ccc(Br)o2)C1. The third kappa shape index (κ3) is 2.81. The van der Waals surface area contributed by atoms with E-state index in [1.54, 1.807) is 0 Å². The van der Waals surface area contributed by atoms with Crippen LogP contribution in [0.1, 0.15) is 39.0 Å². The standard InChI is InChI=1S/C14H23BrN2O/c1-9-6-10(2)11(3)17(8-9)12(7-16)13-4-5-14(15)18-13/h4-5,9-12H,6-8,16H2,1-3H3. The van der Waals surface area contributed by atoms with Crippen molar-refractivity contribution in [1.82, 2.24) is 4.90 Å². The van der Waals surface area contributed by atoms with Crippen molar-refractivity contribution in [2.45, 2.75) is 39.3 Å². The Morgan fingerprint density at radius 1 is 1.44 bits per heavy atom. The lowest BCUT2D eigenvalue weighted by molar-refractivity contribution is 0.0343. The number of nitrogens with two attached hydrogens (primary N) is 1. The van der Waals surface area contributed by atoms with Gasteiger partial charge in [-0.25, -0.2) is 0 Å². The van der Waals surface area contributed by atoms with Gasteiger partial charge in [-0.2, -0.15) is 0 Å². The second kappa shape index (κ2) is 5.76. The van der Waals surface area contributed by atoms with Crippen LogP contribution < -0.4 is 5.73 Å². The molecule has 3 nitrogen and oxygen atoms in total. The summed E-state index contributed by atoms with van der Waals surface area (Å²) < 4.78 is 6.48. The number of rotatable bonds is 3. The first-order valence-corrected chi connectivity index (χ1v) is 7.53. The second-order valence-corrected chi connectivity index (χ2v) is 6.43. The molecular formula is C14H23BrN2O. The van der Waals surface area contributed by atoms with E-state index < -0.39 is 0 Å². The normalized spacial score (nSPS) is 31.5. The van der Waals surface area contributed by atoms with Crippen molar-refractivity contribution in [3.05, 3.63) is 22.6 Å². The molecule has 4 heteroatoms. The average molecular weight is 315 g/mol. The minimum absolute atomic E-state index is 0.191. The Bertz CT molecular complexity index is 393. The van der Waals surface area contributed by atoms with Gasteiger partial charge in [0.25, 0.3) is 0 Å². The van der Waals surface area contributed by atoms with Crippen LogP contribution in [0.25, 0.3) is 0 Å². The topological polar surface area (TPSA) is 42.4 Å². The van der Waals surface area contributed by atoms with E-state index in [1.165, 1.54) is 6.42 Å². The van der Waals surface area contributed by atoms with E-state index in [9.17, 15) is 0 Å². The maximum atomic E-state index is 5.98. The molecule has 4 atom stereocenters. The fourth-order valence-electron chi connectivity index (χ4n) is 3.09. The highest BCUT2D eigenvalue weighted by Gasteiger charge is 2.34. The Labute approximate surface area is 118 Å². The highest BCUT2D eigenvalue weighted by atomic mass is 79.9. The minimum atomic E-state index is 0.191. The fourth-order valence-corrected chi connectivity index (χ4v) is 3.41. The largest absolute Gasteiger partial charge is 0.453 e. The summed E-state index contributed by atoms with van der Waals surface area (Å²) in [7, 11) is 0. The van der Waals surface area contributed by atoms with Crippen molar-refractivity contribution in [2.24, 2.45) is 17.6 Å². The second-order valence-electron chi connectivity index (χ2n) is 5.65. The highest BCUT2D eigenvalue weighted by Crippen LogP contribution is 2.34. The Kier molecular flexibility index (Phi) is 4.51. The van der Waals surface area contributed by atoms with Crippen LogP contribution in [0.15, 0.2) is 21.2 Å². The summed E-state index contributed by atoms with van der Waals surface area (Å²) in [6.07, 6.45) is 1.30. The predicted octanol–water partition coefficient (Wildman–Crippen LogP) is 3.41. The molecule has 2 rings (SSSR count). The predicted molar refractivity (Wildman–Crippen MR) is 77.3 cm³/mol. The van der Waals surface area contributed by atoms with Gasteiger partial charge in [-0.1, -0.05) is 13.8 Å². The summed E-state index contributed by atoms with van der Waals surface area (Å²) in [6.45, 7) is 8.66. The van der Waals surface area contributed by atoms with Crippen LogP contribution in [0.3, 0.4) is 0 Å². The molecule has 2 heterocycles. The molecule has 1 aliphatic rings. The van der Waals surface area contributed by atoms with Gasteiger partial charge in [0.05, 0.1) is 6.04 Å². The van der Waals surface area contributed by atoms with Gasteiger partial charge in [0.2, 0.25) is 0 Å². The third-order valence-corrected chi connectivity index (χ3v) is 4.62. The van der Waals surface area contributed by atoms with Crippen LogP contribution in [0.5, 0.6) is 0 Å². The first kappa shape index (κ1) is 14.1. The van der Waals surface area contributed by atoms with Crippen molar-refractivity contribution in [3.8, 4) is 0 Å². The van der Waals surface area contributed by atoms with Gasteiger partial charge in [-0.05, 0) is 53.2 Å². The van der Waals surface area contributed by atoms with Crippen molar-refractivity contribution in [2.75, 3.05) is 13.1 Å². The zero-order chi connectivity index (χ0) is 13.3. The Morgan fingerprint density at radius 3 is 2.72 bits per heavy atom. The number of halogens is 1. The van der Waals surface area contributed by atoms with Gasteiger partial charge in [0.15, 0.2) is 4.67 Å². The van der Waals surface area contributed by atoms with Gasteiger partial charge in [-0.3, -0.25) is 4.90 Å². The molecule has 2 N–H and O–H groups in total. The number of nitrogens with zero attached hydrogens (tertiary/aromatic N) is 1. The lowest BCUT2D eigenvalue weighted by Crippen LogP contribution is -2.49. The molecule has 102 valence electrons. The van der Waals surface area contributed by atoms with Crippen LogP contribution in [0.4, 0.5) is 0 Å². The number of hydrogen-bond donors (Lipinski definition) is 1. The first-order valence-electron chi connectivity index (χ1n) is 6.74. The smallest absolute Gasteiger partial charge is 0.169 e. The zero-order valence-corrected chi connectivity index (χ0v) is 13.0. The number of hydrogen-bond acceptors (Lipinski definition) is 3. The summed E-state index contributed by atoms with van der Waals surface area (Å²) in [4.78, 5) is 2.50. The molecular weight excluding hydrogens is 292 g/mol. The fraction of sp³-hybridized carbons (Fsp3) is 0.714. The van der Waals surface area contributed by atoms with Crippen molar-refractivity contribution < 1.29 is 4.42 Å². The molecule has 18 heavy (non-hydrogen) atoms. The molecule has 1 aromatic rings. The summed E-state index contributed by atoms with van der Waals surface area (Å²) in [5.41, 5.74) is 5.98. The minimum Gasteiger partial charge on any atom is -0.453 e. The Hall–Kier alpha value is -0.320. The molecule has 0 radical (unpaired) electrons. The Balaban J connectivity index is 2.20. The molecule has 0 aromatic carbocycles.